The van der Waals surface area contributed by atoms with Crippen LogP contribution in [-0.2, 0) is 9.53 Å². The summed E-state index contributed by atoms with van der Waals surface area (Å²) in [6.45, 7) is 0.171. The maximum Gasteiger partial charge on any atom is 0.411 e. The molecule has 1 fully saturated rings. The number of hydrogen-bond donors (Lipinski definition) is 3. The Labute approximate surface area is 204 Å². The largest absolute Gasteiger partial charge is 0.480 e. The third-order valence-electron chi connectivity index (χ3n) is 6.31. The Bertz CT molecular complexity index is 1270. The Morgan fingerprint density at radius 1 is 0.971 bits per heavy atom. The first-order valence-corrected chi connectivity index (χ1v) is 11.6. The van der Waals surface area contributed by atoms with Gasteiger partial charge in [0.2, 0.25) is 0 Å². The van der Waals surface area contributed by atoms with E-state index in [1.807, 2.05) is 36.4 Å². The van der Waals surface area contributed by atoms with Gasteiger partial charge in [0.25, 0.3) is 5.91 Å². The molecule has 0 heterocycles. The molecule has 8 heteroatoms. The van der Waals surface area contributed by atoms with Crippen molar-refractivity contribution >= 4 is 39.6 Å². The summed E-state index contributed by atoms with van der Waals surface area (Å²) in [6, 6.07) is 20.9. The zero-order valence-electron chi connectivity index (χ0n) is 18.0. The Morgan fingerprint density at radius 2 is 1.59 bits per heavy atom. The molecule has 172 valence electrons. The number of carbonyl (C=O) groups is 3. The van der Waals surface area contributed by atoms with Crippen LogP contribution in [0.2, 0.25) is 0 Å². The Balaban J connectivity index is 1.26. The first kappa shape index (κ1) is 22.2. The van der Waals surface area contributed by atoms with E-state index in [9.17, 15) is 19.5 Å². The van der Waals surface area contributed by atoms with Gasteiger partial charge in [0.05, 0.1) is 5.56 Å². The minimum atomic E-state index is -1.20. The van der Waals surface area contributed by atoms with Gasteiger partial charge in [-0.1, -0.05) is 48.5 Å². The van der Waals surface area contributed by atoms with E-state index in [0.717, 1.165) is 22.3 Å². The molecule has 0 atom stereocenters. The second-order valence-corrected chi connectivity index (χ2v) is 9.34. The summed E-state index contributed by atoms with van der Waals surface area (Å²) in [7, 11) is 0. The maximum absolute atomic E-state index is 12.6. The molecule has 34 heavy (non-hydrogen) atoms. The fraction of sp³-hybridized carbons (Fsp3) is 0.192. The van der Waals surface area contributed by atoms with E-state index in [1.54, 1.807) is 12.1 Å². The zero-order valence-corrected chi connectivity index (χ0v) is 19.6. The minimum Gasteiger partial charge on any atom is -0.480 e. The van der Waals surface area contributed by atoms with Gasteiger partial charge >= 0.3 is 12.1 Å². The lowest BCUT2D eigenvalue weighted by Crippen LogP contribution is -2.43. The lowest BCUT2D eigenvalue weighted by Gasteiger charge is -2.16. The van der Waals surface area contributed by atoms with Gasteiger partial charge in [0.15, 0.2) is 0 Å². The van der Waals surface area contributed by atoms with Crippen molar-refractivity contribution in [1.29, 1.82) is 0 Å². The molecule has 5 rings (SSSR count). The predicted molar refractivity (Wildman–Crippen MR) is 130 cm³/mol. The maximum atomic E-state index is 12.6. The van der Waals surface area contributed by atoms with Crippen LogP contribution in [0.3, 0.4) is 0 Å². The molecule has 3 aromatic carbocycles. The second-order valence-electron chi connectivity index (χ2n) is 8.49. The van der Waals surface area contributed by atoms with Crippen molar-refractivity contribution in [2.75, 3.05) is 11.9 Å². The standard InChI is InChI=1S/C26H21BrN2O5/c27-22-10-9-15(13-20(22)23(30)29-26(11-12-26)24(31)32)28-25(33)34-14-21-18-7-3-1-5-16(18)17-6-2-4-8-19(17)21/h1-10,13,21H,11-12,14H2,(H,28,33)(H,29,30)(H,31,32). The van der Waals surface area contributed by atoms with Gasteiger partial charge in [-0.25, -0.2) is 9.59 Å². The van der Waals surface area contributed by atoms with Gasteiger partial charge in [0.1, 0.15) is 12.1 Å². The van der Waals surface area contributed by atoms with E-state index >= 15 is 0 Å². The van der Waals surface area contributed by atoms with Crippen molar-refractivity contribution in [1.82, 2.24) is 5.32 Å². The van der Waals surface area contributed by atoms with Crippen LogP contribution in [0.4, 0.5) is 10.5 Å². The van der Waals surface area contributed by atoms with Crippen LogP contribution >= 0.6 is 15.9 Å². The van der Waals surface area contributed by atoms with Crippen molar-refractivity contribution in [2.24, 2.45) is 0 Å². The van der Waals surface area contributed by atoms with Gasteiger partial charge in [-0.05, 0) is 69.2 Å². The highest BCUT2D eigenvalue weighted by Crippen LogP contribution is 2.44. The number of anilines is 1. The number of fused-ring (bicyclic) bond motifs is 3. The van der Waals surface area contributed by atoms with E-state index in [2.05, 4.69) is 38.7 Å². The highest BCUT2D eigenvalue weighted by atomic mass is 79.9. The normalized spacial score (nSPS) is 15.1. The van der Waals surface area contributed by atoms with Gasteiger partial charge in [-0.3, -0.25) is 10.1 Å². The van der Waals surface area contributed by atoms with Crippen LogP contribution in [0.5, 0.6) is 0 Å². The number of hydrogen-bond acceptors (Lipinski definition) is 4. The van der Waals surface area contributed by atoms with Crippen LogP contribution in [0.1, 0.15) is 40.2 Å². The third-order valence-corrected chi connectivity index (χ3v) is 7.00. The van der Waals surface area contributed by atoms with E-state index in [4.69, 9.17) is 4.74 Å². The van der Waals surface area contributed by atoms with Crippen LogP contribution in [0, 0.1) is 0 Å². The fourth-order valence-electron chi connectivity index (χ4n) is 4.33. The second kappa shape index (κ2) is 8.61. The number of aliphatic carboxylic acids is 1. The van der Waals surface area contributed by atoms with Crippen molar-refractivity contribution in [3.05, 3.63) is 87.9 Å². The molecule has 1 saturated carbocycles. The molecule has 0 bridgehead atoms. The monoisotopic (exact) mass is 520 g/mol. The number of carboxylic acids is 1. The Morgan fingerprint density at radius 3 is 2.18 bits per heavy atom. The quantitative estimate of drug-likeness (QED) is 0.416. The molecule has 0 aliphatic heterocycles. The zero-order chi connectivity index (χ0) is 23.9. The highest BCUT2D eigenvalue weighted by Gasteiger charge is 2.51. The van der Waals surface area contributed by atoms with Crippen LogP contribution in [0.25, 0.3) is 11.1 Å². The van der Waals surface area contributed by atoms with Crippen molar-refractivity contribution < 1.29 is 24.2 Å². The summed E-state index contributed by atoms with van der Waals surface area (Å²) < 4.78 is 6.05. The number of nitrogens with one attached hydrogen (secondary N) is 2. The van der Waals surface area contributed by atoms with E-state index < -0.39 is 23.5 Å². The lowest BCUT2D eigenvalue weighted by molar-refractivity contribution is -0.140. The van der Waals surface area contributed by atoms with E-state index in [-0.39, 0.29) is 18.1 Å². The Hall–Kier alpha value is -3.65. The molecule has 0 saturated heterocycles. The molecule has 2 aliphatic carbocycles. The Kier molecular flexibility index (Phi) is 5.61. The third kappa shape index (κ3) is 4.05. The summed E-state index contributed by atoms with van der Waals surface area (Å²) in [5, 5.41) is 14.5. The molecule has 2 aliphatic rings. The molecule has 7 nitrogen and oxygen atoms in total. The molecule has 0 unspecified atom stereocenters. The molecule has 0 aromatic heterocycles. The average Bonchev–Trinajstić information content (AvgIpc) is 3.55. The van der Waals surface area contributed by atoms with Gasteiger partial charge < -0.3 is 15.2 Å². The number of ether oxygens (including phenoxy) is 1. The van der Waals surface area contributed by atoms with Gasteiger partial charge in [-0.15, -0.1) is 0 Å². The number of halogens is 1. The number of carboxylic acid groups (broad SMARTS) is 1. The van der Waals surface area contributed by atoms with Crippen molar-refractivity contribution in [3.8, 4) is 11.1 Å². The van der Waals surface area contributed by atoms with E-state index in [1.165, 1.54) is 6.07 Å². The highest BCUT2D eigenvalue weighted by molar-refractivity contribution is 9.10. The molecule has 0 spiro atoms. The molecular formula is C26H21BrN2O5. The topological polar surface area (TPSA) is 105 Å². The molecular weight excluding hydrogens is 500 g/mol. The predicted octanol–water partition coefficient (Wildman–Crippen LogP) is 5.16. The summed E-state index contributed by atoms with van der Waals surface area (Å²) in [4.78, 5) is 36.6. The summed E-state index contributed by atoms with van der Waals surface area (Å²) in [5.74, 6) is -1.64. The smallest absolute Gasteiger partial charge is 0.411 e. The lowest BCUT2D eigenvalue weighted by atomic mass is 9.98. The van der Waals surface area contributed by atoms with Crippen molar-refractivity contribution in [3.63, 3.8) is 0 Å². The van der Waals surface area contributed by atoms with E-state index in [0.29, 0.717) is 23.0 Å². The SMILES string of the molecule is O=C(Nc1ccc(Br)c(C(=O)NC2(C(=O)O)CC2)c1)OCC1c2ccccc2-c2ccccc21. The number of benzene rings is 3. The van der Waals surface area contributed by atoms with Crippen LogP contribution < -0.4 is 10.6 Å². The summed E-state index contributed by atoms with van der Waals surface area (Å²) >= 11 is 3.32. The molecule has 2 amide bonds. The molecule has 3 aromatic rings. The first-order chi connectivity index (χ1) is 16.4. The average molecular weight is 521 g/mol. The summed E-state index contributed by atoms with van der Waals surface area (Å²) in [6.07, 6.45) is 0.145. The van der Waals surface area contributed by atoms with Gasteiger partial charge in [-0.2, -0.15) is 0 Å². The van der Waals surface area contributed by atoms with Crippen molar-refractivity contribution in [2.45, 2.75) is 24.3 Å². The first-order valence-electron chi connectivity index (χ1n) is 10.9. The fourth-order valence-corrected chi connectivity index (χ4v) is 4.76. The number of carbonyl (C=O) groups excluding carboxylic acids is 2. The van der Waals surface area contributed by atoms with Gasteiger partial charge in [0, 0.05) is 16.1 Å². The number of rotatable bonds is 6. The summed E-state index contributed by atoms with van der Waals surface area (Å²) in [5.41, 5.74) is 3.91. The molecule has 3 N–H and O–H groups in total. The van der Waals surface area contributed by atoms with Crippen LogP contribution in [-0.4, -0.2) is 35.2 Å². The van der Waals surface area contributed by atoms with Crippen LogP contribution in [0.15, 0.2) is 71.2 Å². The molecule has 0 radical (unpaired) electrons. The minimum absolute atomic E-state index is 0.0600. The number of amides is 2.